The zero-order valence-electron chi connectivity index (χ0n) is 11.7. The second-order valence-electron chi connectivity index (χ2n) is 5.34. The van der Waals surface area contributed by atoms with Gasteiger partial charge < -0.3 is 10.4 Å². The smallest absolute Gasteiger partial charge is 0.255 e. The Balaban J connectivity index is 2.22. The maximum Gasteiger partial charge on any atom is 0.255 e. The third-order valence-electron chi connectivity index (χ3n) is 3.14. The molecule has 3 N–H and O–H groups in total. The topological polar surface area (TPSA) is 78.0 Å². The van der Waals surface area contributed by atoms with Gasteiger partial charge in [-0.1, -0.05) is 30.3 Å². The second-order valence-corrected chi connectivity index (χ2v) is 5.34. The fraction of sp³-hybridized carbons (Fsp3) is 0.333. The normalized spacial score (nSPS) is 11.3. The van der Waals surface area contributed by atoms with E-state index in [-0.39, 0.29) is 12.5 Å². The van der Waals surface area contributed by atoms with E-state index in [0.717, 1.165) is 5.56 Å². The minimum Gasteiger partial charge on any atom is -0.396 e. The van der Waals surface area contributed by atoms with Gasteiger partial charge in [-0.25, -0.2) is 0 Å². The van der Waals surface area contributed by atoms with Crippen LogP contribution >= 0.6 is 0 Å². The largest absolute Gasteiger partial charge is 0.396 e. The Morgan fingerprint density at radius 1 is 1.35 bits per heavy atom. The number of carbonyl (C=O) groups is 1. The molecule has 20 heavy (non-hydrogen) atoms. The van der Waals surface area contributed by atoms with Crippen molar-refractivity contribution in [1.82, 2.24) is 15.5 Å². The summed E-state index contributed by atoms with van der Waals surface area (Å²) < 4.78 is 0. The summed E-state index contributed by atoms with van der Waals surface area (Å²) in [6.45, 7) is 3.79. The van der Waals surface area contributed by atoms with Gasteiger partial charge in [-0.3, -0.25) is 9.89 Å². The van der Waals surface area contributed by atoms with Crippen LogP contribution in [0.15, 0.2) is 36.5 Å². The van der Waals surface area contributed by atoms with E-state index in [2.05, 4.69) is 15.5 Å². The van der Waals surface area contributed by atoms with Crippen LogP contribution in [0.1, 0.15) is 30.6 Å². The molecule has 0 bridgehead atoms. The number of aliphatic hydroxyl groups excluding tert-OH is 1. The summed E-state index contributed by atoms with van der Waals surface area (Å²) in [5.74, 6) is -0.198. The van der Waals surface area contributed by atoms with Gasteiger partial charge in [-0.05, 0) is 20.3 Å². The van der Waals surface area contributed by atoms with E-state index < -0.39 is 5.54 Å². The molecule has 5 heteroatoms. The predicted molar refractivity (Wildman–Crippen MR) is 77.3 cm³/mol. The van der Waals surface area contributed by atoms with Gasteiger partial charge in [0.2, 0.25) is 0 Å². The van der Waals surface area contributed by atoms with E-state index in [1.165, 1.54) is 6.20 Å². The zero-order valence-corrected chi connectivity index (χ0v) is 11.7. The van der Waals surface area contributed by atoms with Gasteiger partial charge in [0.15, 0.2) is 0 Å². The lowest BCUT2D eigenvalue weighted by Gasteiger charge is -2.25. The fourth-order valence-electron chi connectivity index (χ4n) is 2.00. The van der Waals surface area contributed by atoms with Gasteiger partial charge in [0.05, 0.1) is 17.5 Å². The van der Waals surface area contributed by atoms with Crippen LogP contribution in [-0.2, 0) is 0 Å². The Hall–Kier alpha value is -2.14. The van der Waals surface area contributed by atoms with E-state index in [1.807, 2.05) is 44.2 Å². The maximum absolute atomic E-state index is 12.3. The first-order valence-corrected chi connectivity index (χ1v) is 6.56. The Labute approximate surface area is 118 Å². The molecule has 0 saturated carbocycles. The summed E-state index contributed by atoms with van der Waals surface area (Å²) in [6, 6.07) is 9.58. The lowest BCUT2D eigenvalue weighted by molar-refractivity contribution is 0.0900. The number of rotatable bonds is 5. The average Bonchev–Trinajstić information content (AvgIpc) is 2.88. The van der Waals surface area contributed by atoms with Crippen molar-refractivity contribution in [2.45, 2.75) is 25.8 Å². The van der Waals surface area contributed by atoms with Crippen molar-refractivity contribution in [3.63, 3.8) is 0 Å². The summed E-state index contributed by atoms with van der Waals surface area (Å²) in [6.07, 6.45) is 2.02. The van der Waals surface area contributed by atoms with Crippen LogP contribution in [0.25, 0.3) is 11.3 Å². The van der Waals surface area contributed by atoms with E-state index in [9.17, 15) is 4.79 Å². The number of benzene rings is 1. The van der Waals surface area contributed by atoms with Crippen molar-refractivity contribution < 1.29 is 9.90 Å². The molecule has 1 aromatic carbocycles. The standard InChI is InChI=1S/C15H19N3O2/c1-15(2,8-9-19)17-14(20)12-10-16-18-13(12)11-6-4-3-5-7-11/h3-7,10,19H,8-9H2,1-2H3,(H,16,18)(H,17,20). The first-order valence-electron chi connectivity index (χ1n) is 6.56. The van der Waals surface area contributed by atoms with Crippen LogP contribution < -0.4 is 5.32 Å². The number of nitrogens with zero attached hydrogens (tertiary/aromatic N) is 1. The second kappa shape index (κ2) is 5.88. The van der Waals surface area contributed by atoms with Gasteiger partial charge in [0.25, 0.3) is 5.91 Å². The highest BCUT2D eigenvalue weighted by molar-refractivity contribution is 6.00. The first kappa shape index (κ1) is 14.3. The third-order valence-corrected chi connectivity index (χ3v) is 3.14. The fourth-order valence-corrected chi connectivity index (χ4v) is 2.00. The van der Waals surface area contributed by atoms with Crippen molar-refractivity contribution in [3.8, 4) is 11.3 Å². The number of hydrogen-bond acceptors (Lipinski definition) is 3. The number of nitrogens with one attached hydrogen (secondary N) is 2. The Bertz CT molecular complexity index is 576. The Morgan fingerprint density at radius 2 is 2.05 bits per heavy atom. The molecule has 2 rings (SSSR count). The molecule has 5 nitrogen and oxygen atoms in total. The van der Waals surface area contributed by atoms with E-state index in [4.69, 9.17) is 5.11 Å². The zero-order chi connectivity index (χ0) is 14.6. The molecule has 1 amide bonds. The maximum atomic E-state index is 12.3. The number of aliphatic hydroxyl groups is 1. The number of amides is 1. The molecule has 1 heterocycles. The highest BCUT2D eigenvalue weighted by Gasteiger charge is 2.23. The van der Waals surface area contributed by atoms with E-state index in [1.54, 1.807) is 0 Å². The molecule has 0 unspecified atom stereocenters. The SMILES string of the molecule is CC(C)(CCO)NC(=O)c1cn[nH]c1-c1ccccc1. The predicted octanol–water partition coefficient (Wildman–Crippen LogP) is 1.97. The summed E-state index contributed by atoms with van der Waals surface area (Å²) in [5, 5.41) is 18.7. The molecule has 0 aliphatic carbocycles. The minimum absolute atomic E-state index is 0.0320. The van der Waals surface area contributed by atoms with Crippen molar-refractivity contribution >= 4 is 5.91 Å². The summed E-state index contributed by atoms with van der Waals surface area (Å²) in [7, 11) is 0. The number of aromatic amines is 1. The number of carbonyl (C=O) groups excluding carboxylic acids is 1. The molecule has 106 valence electrons. The van der Waals surface area contributed by atoms with Gasteiger partial charge in [0.1, 0.15) is 0 Å². The average molecular weight is 273 g/mol. The Kier molecular flexibility index (Phi) is 4.20. The molecule has 2 aromatic rings. The summed E-state index contributed by atoms with van der Waals surface area (Å²) in [4.78, 5) is 12.3. The van der Waals surface area contributed by atoms with Gasteiger partial charge in [-0.15, -0.1) is 0 Å². The molecule has 0 fully saturated rings. The van der Waals surface area contributed by atoms with Crippen molar-refractivity contribution in [2.24, 2.45) is 0 Å². The molecule has 0 aliphatic rings. The monoisotopic (exact) mass is 273 g/mol. The number of aromatic nitrogens is 2. The van der Waals surface area contributed by atoms with Gasteiger partial charge in [-0.2, -0.15) is 5.10 Å². The molecule has 0 aliphatic heterocycles. The molecular weight excluding hydrogens is 254 g/mol. The lowest BCUT2D eigenvalue weighted by Crippen LogP contribution is -2.44. The highest BCUT2D eigenvalue weighted by Crippen LogP contribution is 2.21. The van der Waals surface area contributed by atoms with Crippen LogP contribution in [0.5, 0.6) is 0 Å². The minimum atomic E-state index is -0.461. The summed E-state index contributed by atoms with van der Waals surface area (Å²) in [5.41, 5.74) is 1.65. The van der Waals surface area contributed by atoms with Crippen molar-refractivity contribution in [1.29, 1.82) is 0 Å². The quantitative estimate of drug-likeness (QED) is 0.779. The lowest BCUT2D eigenvalue weighted by atomic mass is 10.00. The molecule has 0 radical (unpaired) electrons. The van der Waals surface area contributed by atoms with Crippen molar-refractivity contribution in [3.05, 3.63) is 42.1 Å². The van der Waals surface area contributed by atoms with Crippen LogP contribution in [0, 0.1) is 0 Å². The van der Waals surface area contributed by atoms with E-state index in [0.29, 0.717) is 17.7 Å². The Morgan fingerprint density at radius 3 is 2.70 bits per heavy atom. The van der Waals surface area contributed by atoms with Gasteiger partial charge >= 0.3 is 0 Å². The molecule has 0 saturated heterocycles. The van der Waals surface area contributed by atoms with Crippen molar-refractivity contribution in [2.75, 3.05) is 6.61 Å². The van der Waals surface area contributed by atoms with Crippen LogP contribution in [0.4, 0.5) is 0 Å². The molecule has 0 atom stereocenters. The van der Waals surface area contributed by atoms with E-state index >= 15 is 0 Å². The third kappa shape index (κ3) is 3.24. The molecule has 1 aromatic heterocycles. The van der Waals surface area contributed by atoms with Crippen LogP contribution in [0.3, 0.4) is 0 Å². The van der Waals surface area contributed by atoms with Crippen LogP contribution in [-0.4, -0.2) is 33.4 Å². The molecular formula is C15H19N3O2. The molecule has 0 spiro atoms. The number of H-pyrrole nitrogens is 1. The van der Waals surface area contributed by atoms with Gasteiger partial charge in [0, 0.05) is 17.7 Å². The highest BCUT2D eigenvalue weighted by atomic mass is 16.3. The summed E-state index contributed by atoms with van der Waals surface area (Å²) >= 11 is 0. The first-order chi connectivity index (χ1) is 9.53. The van der Waals surface area contributed by atoms with Crippen LogP contribution in [0.2, 0.25) is 0 Å². The number of hydrogen-bond donors (Lipinski definition) is 3.